The lowest BCUT2D eigenvalue weighted by Gasteiger charge is -2.18. The van der Waals surface area contributed by atoms with Gasteiger partial charge in [-0.2, -0.15) is 5.10 Å². The summed E-state index contributed by atoms with van der Waals surface area (Å²) < 4.78 is 9.17. The van der Waals surface area contributed by atoms with Crippen LogP contribution in [0.5, 0.6) is 11.5 Å². The Kier molecular flexibility index (Phi) is 5.12. The molecule has 0 bridgehead atoms. The molecule has 1 atom stereocenters. The number of nitrogens with zero attached hydrogens (tertiary/aromatic N) is 3. The first-order valence-corrected chi connectivity index (χ1v) is 8.58. The van der Waals surface area contributed by atoms with Crippen LogP contribution in [0, 0.1) is 13.8 Å². The van der Waals surface area contributed by atoms with Gasteiger partial charge in [-0.3, -0.25) is 9.48 Å². The molecule has 0 aliphatic rings. The van der Waals surface area contributed by atoms with E-state index in [1.54, 1.807) is 28.8 Å². The maximum Gasteiger partial charge on any atom is 0.341 e. The lowest BCUT2D eigenvalue weighted by Crippen LogP contribution is -2.22. The molecule has 1 N–H and O–H groups in total. The summed E-state index contributed by atoms with van der Waals surface area (Å²) in [6.45, 7) is 6.31. The third-order valence-corrected chi connectivity index (χ3v) is 4.19. The van der Waals surface area contributed by atoms with Gasteiger partial charge in [-0.1, -0.05) is 18.2 Å². The van der Waals surface area contributed by atoms with Gasteiger partial charge in [0.1, 0.15) is 11.3 Å². The van der Waals surface area contributed by atoms with Crippen molar-refractivity contribution in [2.45, 2.75) is 33.4 Å². The minimum atomic E-state index is -1.29. The lowest BCUT2D eigenvalue weighted by molar-refractivity contribution is 0.0693. The summed E-state index contributed by atoms with van der Waals surface area (Å²) in [5.74, 6) is -0.844. The summed E-state index contributed by atoms with van der Waals surface area (Å²) >= 11 is 0. The van der Waals surface area contributed by atoms with Crippen molar-refractivity contribution in [1.82, 2.24) is 14.3 Å². The van der Waals surface area contributed by atoms with Crippen LogP contribution in [-0.4, -0.2) is 25.4 Å². The van der Waals surface area contributed by atoms with E-state index in [9.17, 15) is 14.7 Å². The average Bonchev–Trinajstić information content (AvgIpc) is 2.96. The molecule has 0 saturated heterocycles. The highest BCUT2D eigenvalue weighted by Crippen LogP contribution is 2.19. The second-order valence-corrected chi connectivity index (χ2v) is 6.50. The lowest BCUT2D eigenvalue weighted by atomic mass is 10.2. The number of ether oxygens (including phenoxy) is 1. The molecule has 0 aliphatic heterocycles. The van der Waals surface area contributed by atoms with E-state index in [1.165, 1.54) is 12.4 Å². The van der Waals surface area contributed by atoms with E-state index in [2.05, 4.69) is 5.10 Å². The maximum atomic E-state index is 12.4. The number of para-hydroxylation sites is 1. The summed E-state index contributed by atoms with van der Waals surface area (Å²) in [6, 6.07) is 10.7. The molecule has 0 amide bonds. The number of aryl methyl sites for hydroxylation is 2. The van der Waals surface area contributed by atoms with E-state index in [0.717, 1.165) is 11.4 Å². The number of rotatable bonds is 6. The van der Waals surface area contributed by atoms with Crippen LogP contribution < -0.4 is 10.2 Å². The molecule has 2 aromatic heterocycles. The van der Waals surface area contributed by atoms with Crippen LogP contribution in [0.2, 0.25) is 0 Å². The van der Waals surface area contributed by atoms with Crippen LogP contribution in [0.4, 0.5) is 0 Å². The zero-order valence-electron chi connectivity index (χ0n) is 15.4. The minimum Gasteiger partial charge on any atom is -0.477 e. The van der Waals surface area contributed by atoms with Crippen LogP contribution >= 0.6 is 0 Å². The van der Waals surface area contributed by atoms with Crippen molar-refractivity contribution < 1.29 is 14.6 Å². The summed E-state index contributed by atoms with van der Waals surface area (Å²) in [5.41, 5.74) is 0.948. The van der Waals surface area contributed by atoms with Crippen molar-refractivity contribution >= 4 is 5.97 Å². The van der Waals surface area contributed by atoms with Gasteiger partial charge >= 0.3 is 5.97 Å². The Bertz CT molecular complexity index is 1020. The molecule has 0 spiro atoms. The van der Waals surface area contributed by atoms with E-state index < -0.39 is 11.4 Å². The summed E-state index contributed by atoms with van der Waals surface area (Å²) in [7, 11) is 0. The Morgan fingerprint density at radius 2 is 1.93 bits per heavy atom. The molecule has 3 rings (SSSR count). The second kappa shape index (κ2) is 7.49. The van der Waals surface area contributed by atoms with Gasteiger partial charge in [0, 0.05) is 18.4 Å². The Morgan fingerprint density at radius 1 is 1.22 bits per heavy atom. The summed E-state index contributed by atoms with van der Waals surface area (Å²) in [6.07, 6.45) is 2.87. The molecule has 2 heterocycles. The first-order valence-electron chi connectivity index (χ1n) is 8.58. The number of carboxylic acid groups (broad SMARTS) is 1. The fourth-order valence-corrected chi connectivity index (χ4v) is 3.02. The van der Waals surface area contributed by atoms with E-state index in [1.807, 2.05) is 37.6 Å². The van der Waals surface area contributed by atoms with Gasteiger partial charge in [0.2, 0.25) is 5.43 Å². The smallest absolute Gasteiger partial charge is 0.341 e. The Morgan fingerprint density at radius 3 is 2.52 bits per heavy atom. The fraction of sp³-hybridized carbons (Fsp3) is 0.250. The highest BCUT2D eigenvalue weighted by atomic mass is 16.5. The predicted octanol–water partition coefficient (Wildman–Crippen LogP) is 3.41. The first-order chi connectivity index (χ1) is 12.8. The number of pyridine rings is 1. The van der Waals surface area contributed by atoms with Crippen molar-refractivity contribution in [2.75, 3.05) is 0 Å². The van der Waals surface area contributed by atoms with Crippen LogP contribution in [0.25, 0.3) is 0 Å². The highest BCUT2D eigenvalue weighted by molar-refractivity contribution is 5.87. The topological polar surface area (TPSA) is 86.3 Å². The van der Waals surface area contributed by atoms with Crippen molar-refractivity contribution in [3.05, 3.63) is 76.0 Å². The number of carbonyl (C=O) groups is 1. The molecule has 0 radical (unpaired) electrons. The standard InChI is InChI=1S/C20H21N3O4/c1-13-9-14(2)23(21-13)15(3)10-22-11-17(20(25)26)19(24)18(12-22)27-16-7-5-4-6-8-16/h4-9,11-12,15H,10H2,1-3H3,(H,25,26). The quantitative estimate of drug-likeness (QED) is 0.721. The molecular weight excluding hydrogens is 346 g/mol. The molecule has 0 fully saturated rings. The average molecular weight is 367 g/mol. The second-order valence-electron chi connectivity index (χ2n) is 6.50. The van der Waals surface area contributed by atoms with Gasteiger partial charge < -0.3 is 14.4 Å². The van der Waals surface area contributed by atoms with E-state index in [4.69, 9.17) is 4.74 Å². The van der Waals surface area contributed by atoms with Crippen molar-refractivity contribution in [2.24, 2.45) is 0 Å². The molecule has 27 heavy (non-hydrogen) atoms. The van der Waals surface area contributed by atoms with Gasteiger partial charge in [0.25, 0.3) is 0 Å². The molecule has 140 valence electrons. The summed E-state index contributed by atoms with van der Waals surface area (Å²) in [4.78, 5) is 23.9. The van der Waals surface area contributed by atoms with Crippen molar-refractivity contribution in [1.29, 1.82) is 0 Å². The van der Waals surface area contributed by atoms with Gasteiger partial charge in [0.15, 0.2) is 5.75 Å². The third kappa shape index (κ3) is 4.08. The van der Waals surface area contributed by atoms with E-state index >= 15 is 0 Å². The molecule has 0 saturated carbocycles. The number of aromatic nitrogens is 3. The highest BCUT2D eigenvalue weighted by Gasteiger charge is 2.17. The molecule has 1 unspecified atom stereocenters. The predicted molar refractivity (Wildman–Crippen MR) is 101 cm³/mol. The Labute approximate surface area is 156 Å². The van der Waals surface area contributed by atoms with Gasteiger partial charge in [-0.05, 0) is 39.0 Å². The number of benzene rings is 1. The van der Waals surface area contributed by atoms with Crippen LogP contribution in [0.1, 0.15) is 34.7 Å². The van der Waals surface area contributed by atoms with E-state index in [-0.39, 0.29) is 17.4 Å². The zero-order valence-corrected chi connectivity index (χ0v) is 15.4. The number of hydrogen-bond acceptors (Lipinski definition) is 4. The van der Waals surface area contributed by atoms with Gasteiger partial charge in [0.05, 0.1) is 17.9 Å². The number of carboxylic acids is 1. The maximum absolute atomic E-state index is 12.4. The molecule has 0 aliphatic carbocycles. The Hall–Kier alpha value is -3.35. The van der Waals surface area contributed by atoms with Crippen molar-refractivity contribution in [3.8, 4) is 11.5 Å². The van der Waals surface area contributed by atoms with Gasteiger partial charge in [-0.15, -0.1) is 0 Å². The zero-order chi connectivity index (χ0) is 19.6. The van der Waals surface area contributed by atoms with Crippen LogP contribution in [-0.2, 0) is 6.54 Å². The molecule has 3 aromatic rings. The van der Waals surface area contributed by atoms with Crippen LogP contribution in [0.3, 0.4) is 0 Å². The van der Waals surface area contributed by atoms with Crippen LogP contribution in [0.15, 0.2) is 53.6 Å². The minimum absolute atomic E-state index is 0.0262. The Balaban J connectivity index is 1.96. The molecule has 1 aromatic carbocycles. The molecule has 7 heteroatoms. The largest absolute Gasteiger partial charge is 0.477 e. The van der Waals surface area contributed by atoms with E-state index in [0.29, 0.717) is 12.3 Å². The SMILES string of the molecule is Cc1cc(C)n(C(C)Cn2cc(Oc3ccccc3)c(=O)c(C(=O)O)c2)n1. The monoisotopic (exact) mass is 367 g/mol. The third-order valence-electron chi connectivity index (χ3n) is 4.19. The van der Waals surface area contributed by atoms with Gasteiger partial charge in [-0.25, -0.2) is 4.79 Å². The molecule has 7 nitrogen and oxygen atoms in total. The number of aromatic carboxylic acids is 1. The first kappa shape index (κ1) is 18.4. The molecular formula is C20H21N3O4. The number of hydrogen-bond donors (Lipinski definition) is 1. The normalized spacial score (nSPS) is 12.0. The summed E-state index contributed by atoms with van der Waals surface area (Å²) in [5, 5.41) is 13.9. The fourth-order valence-electron chi connectivity index (χ4n) is 3.02. The van der Waals surface area contributed by atoms with Crippen molar-refractivity contribution in [3.63, 3.8) is 0 Å².